The molecule has 0 atom stereocenters. The van der Waals surface area contributed by atoms with Crippen molar-refractivity contribution in [1.29, 1.82) is 0 Å². The van der Waals surface area contributed by atoms with Crippen LogP contribution in [0.15, 0.2) is 50.5 Å². The monoisotopic (exact) mass is 359 g/mol. The predicted octanol–water partition coefficient (Wildman–Crippen LogP) is 1.85. The Morgan fingerprint density at radius 1 is 1.12 bits per heavy atom. The molecule has 0 amide bonds. The van der Waals surface area contributed by atoms with Crippen LogP contribution in [-0.2, 0) is 10.0 Å². The summed E-state index contributed by atoms with van der Waals surface area (Å²) in [6.45, 7) is 4.68. The van der Waals surface area contributed by atoms with E-state index in [1.165, 1.54) is 28.6 Å². The highest BCUT2D eigenvalue weighted by atomic mass is 32.2. The maximum atomic E-state index is 12.8. The number of hydrogen-bond donors (Lipinski definition) is 0. The SMILES string of the molecule is Cc1cc(C)n(C2CN(S(=O)(=O)c3ccc4oc(=O)ccc4c3)C2)n1. The van der Waals surface area contributed by atoms with Gasteiger partial charge in [-0.1, -0.05) is 0 Å². The molecule has 1 aromatic carbocycles. The molecule has 0 unspecified atom stereocenters. The van der Waals surface area contributed by atoms with Crippen LogP contribution in [0.25, 0.3) is 11.0 Å². The van der Waals surface area contributed by atoms with Crippen LogP contribution >= 0.6 is 0 Å². The van der Waals surface area contributed by atoms with Crippen LogP contribution in [0.1, 0.15) is 17.4 Å². The smallest absolute Gasteiger partial charge is 0.336 e. The zero-order valence-electron chi connectivity index (χ0n) is 13.8. The van der Waals surface area contributed by atoms with E-state index in [4.69, 9.17) is 4.42 Å². The average Bonchev–Trinajstić information content (AvgIpc) is 2.83. The average molecular weight is 359 g/mol. The first-order valence-corrected chi connectivity index (χ1v) is 9.35. The Balaban J connectivity index is 1.60. The van der Waals surface area contributed by atoms with E-state index < -0.39 is 15.6 Å². The summed E-state index contributed by atoms with van der Waals surface area (Å²) in [6, 6.07) is 9.40. The van der Waals surface area contributed by atoms with Crippen molar-refractivity contribution in [3.8, 4) is 0 Å². The van der Waals surface area contributed by atoms with Gasteiger partial charge in [0.05, 0.1) is 16.6 Å². The highest BCUT2D eigenvalue weighted by Gasteiger charge is 2.38. The fraction of sp³-hybridized carbons (Fsp3) is 0.294. The number of rotatable bonds is 3. The Labute approximate surface area is 144 Å². The van der Waals surface area contributed by atoms with Crippen molar-refractivity contribution in [3.63, 3.8) is 0 Å². The van der Waals surface area contributed by atoms with Crippen molar-refractivity contribution in [2.45, 2.75) is 24.8 Å². The lowest BCUT2D eigenvalue weighted by atomic mass is 10.2. The molecule has 4 rings (SSSR count). The molecule has 7 nitrogen and oxygen atoms in total. The van der Waals surface area contributed by atoms with Gasteiger partial charge < -0.3 is 4.42 Å². The summed E-state index contributed by atoms with van der Waals surface area (Å²) in [7, 11) is -3.58. The second kappa shape index (κ2) is 5.53. The normalized spacial score (nSPS) is 16.2. The lowest BCUT2D eigenvalue weighted by Gasteiger charge is -2.38. The van der Waals surface area contributed by atoms with E-state index in [-0.39, 0.29) is 10.9 Å². The lowest BCUT2D eigenvalue weighted by molar-refractivity contribution is 0.188. The topological polar surface area (TPSA) is 85.4 Å². The van der Waals surface area contributed by atoms with Crippen molar-refractivity contribution in [1.82, 2.24) is 14.1 Å². The summed E-state index contributed by atoms with van der Waals surface area (Å²) in [6.07, 6.45) is 0. The maximum Gasteiger partial charge on any atom is 0.336 e. The molecule has 8 heteroatoms. The molecule has 2 aromatic heterocycles. The largest absolute Gasteiger partial charge is 0.423 e. The third kappa shape index (κ3) is 2.67. The molecule has 3 aromatic rings. The second-order valence-corrected chi connectivity index (χ2v) is 8.24. The summed E-state index contributed by atoms with van der Waals surface area (Å²) >= 11 is 0. The first-order valence-electron chi connectivity index (χ1n) is 7.91. The van der Waals surface area contributed by atoms with Gasteiger partial charge in [0, 0.05) is 30.2 Å². The zero-order valence-corrected chi connectivity index (χ0v) is 14.7. The Morgan fingerprint density at radius 2 is 1.88 bits per heavy atom. The predicted molar refractivity (Wildman–Crippen MR) is 92.0 cm³/mol. The van der Waals surface area contributed by atoms with E-state index in [1.807, 2.05) is 24.6 Å². The van der Waals surface area contributed by atoms with Crippen LogP contribution in [0.5, 0.6) is 0 Å². The third-order valence-corrected chi connectivity index (χ3v) is 6.28. The van der Waals surface area contributed by atoms with E-state index in [2.05, 4.69) is 5.10 Å². The van der Waals surface area contributed by atoms with Gasteiger partial charge in [0.25, 0.3) is 0 Å². The second-order valence-electron chi connectivity index (χ2n) is 6.30. The summed E-state index contributed by atoms with van der Waals surface area (Å²) in [5.74, 6) is 0. The Bertz CT molecular complexity index is 1120. The first kappa shape index (κ1) is 16.0. The number of fused-ring (bicyclic) bond motifs is 1. The molecular weight excluding hydrogens is 342 g/mol. The van der Waals surface area contributed by atoms with Crippen LogP contribution in [0.4, 0.5) is 0 Å². The molecule has 1 aliphatic rings. The van der Waals surface area contributed by atoms with Gasteiger partial charge in [0.1, 0.15) is 5.58 Å². The number of benzene rings is 1. The minimum atomic E-state index is -3.58. The molecule has 1 aliphatic heterocycles. The molecule has 0 bridgehead atoms. The molecule has 0 spiro atoms. The Hall–Kier alpha value is -2.45. The quantitative estimate of drug-likeness (QED) is 0.666. The fourth-order valence-corrected chi connectivity index (χ4v) is 4.69. The molecule has 0 saturated carbocycles. The lowest BCUT2D eigenvalue weighted by Crippen LogP contribution is -2.51. The van der Waals surface area contributed by atoms with Gasteiger partial charge in [-0.05, 0) is 44.2 Å². The van der Waals surface area contributed by atoms with Crippen LogP contribution in [0.2, 0.25) is 0 Å². The number of aromatic nitrogens is 2. The van der Waals surface area contributed by atoms with Crippen molar-refractivity contribution in [2.24, 2.45) is 0 Å². The van der Waals surface area contributed by atoms with Crippen LogP contribution in [-0.4, -0.2) is 35.6 Å². The third-order valence-electron chi connectivity index (χ3n) is 4.45. The van der Waals surface area contributed by atoms with E-state index in [9.17, 15) is 13.2 Å². The Morgan fingerprint density at radius 3 is 2.56 bits per heavy atom. The standard InChI is InChI=1S/C17H17N3O4S/c1-11-7-12(2)20(18-11)14-9-19(10-14)25(22,23)15-4-5-16-13(8-15)3-6-17(21)24-16/h3-8,14H,9-10H2,1-2H3. The van der Waals surface area contributed by atoms with Gasteiger partial charge in [-0.15, -0.1) is 0 Å². The van der Waals surface area contributed by atoms with Gasteiger partial charge in [-0.3, -0.25) is 4.68 Å². The highest BCUT2D eigenvalue weighted by Crippen LogP contribution is 2.30. The Kier molecular flexibility index (Phi) is 3.55. The van der Waals surface area contributed by atoms with Crippen molar-refractivity contribution < 1.29 is 12.8 Å². The molecular formula is C17H17N3O4S. The van der Waals surface area contributed by atoms with Crippen molar-refractivity contribution in [3.05, 3.63) is 58.2 Å². The molecule has 25 heavy (non-hydrogen) atoms. The number of sulfonamides is 1. The van der Waals surface area contributed by atoms with E-state index in [1.54, 1.807) is 6.07 Å². The van der Waals surface area contributed by atoms with E-state index in [0.29, 0.717) is 24.1 Å². The minimum Gasteiger partial charge on any atom is -0.423 e. The molecule has 3 heterocycles. The summed E-state index contributed by atoms with van der Waals surface area (Å²) < 4.78 is 34.0. The zero-order chi connectivity index (χ0) is 17.8. The number of hydrogen-bond acceptors (Lipinski definition) is 5. The van der Waals surface area contributed by atoms with Crippen LogP contribution in [0.3, 0.4) is 0 Å². The summed E-state index contributed by atoms with van der Waals surface area (Å²) in [5.41, 5.74) is 1.87. The van der Waals surface area contributed by atoms with Crippen molar-refractivity contribution >= 4 is 21.0 Å². The number of nitrogens with zero attached hydrogens (tertiary/aromatic N) is 3. The molecule has 0 aliphatic carbocycles. The summed E-state index contributed by atoms with van der Waals surface area (Å²) in [5, 5.41) is 5.00. The molecule has 0 N–H and O–H groups in total. The van der Waals surface area contributed by atoms with E-state index >= 15 is 0 Å². The molecule has 1 fully saturated rings. The molecule has 0 radical (unpaired) electrons. The van der Waals surface area contributed by atoms with E-state index in [0.717, 1.165) is 11.4 Å². The minimum absolute atomic E-state index is 0.0574. The van der Waals surface area contributed by atoms with Gasteiger partial charge >= 0.3 is 5.63 Å². The van der Waals surface area contributed by atoms with Gasteiger partial charge in [0.15, 0.2) is 0 Å². The van der Waals surface area contributed by atoms with Crippen molar-refractivity contribution in [2.75, 3.05) is 13.1 Å². The van der Waals surface area contributed by atoms with Crippen LogP contribution < -0.4 is 5.63 Å². The highest BCUT2D eigenvalue weighted by molar-refractivity contribution is 7.89. The van der Waals surface area contributed by atoms with Gasteiger partial charge in [-0.25, -0.2) is 13.2 Å². The fourth-order valence-electron chi connectivity index (χ4n) is 3.14. The summed E-state index contributed by atoms with van der Waals surface area (Å²) in [4.78, 5) is 11.4. The molecule has 1 saturated heterocycles. The van der Waals surface area contributed by atoms with Crippen LogP contribution in [0, 0.1) is 13.8 Å². The first-order chi connectivity index (χ1) is 11.8. The molecule has 130 valence electrons. The van der Waals surface area contributed by atoms with Gasteiger partial charge in [-0.2, -0.15) is 9.40 Å². The number of aryl methyl sites for hydroxylation is 2. The van der Waals surface area contributed by atoms with Gasteiger partial charge in [0.2, 0.25) is 10.0 Å². The maximum absolute atomic E-state index is 12.8.